The fourth-order valence-corrected chi connectivity index (χ4v) is 1.96. The highest BCUT2D eigenvalue weighted by Gasteiger charge is 2.21. The van der Waals surface area contributed by atoms with Gasteiger partial charge in [-0.1, -0.05) is 13.8 Å². The maximum absolute atomic E-state index is 5.40. The quantitative estimate of drug-likeness (QED) is 0.669. The molecule has 1 saturated heterocycles. The van der Waals surface area contributed by atoms with Crippen molar-refractivity contribution in [2.75, 3.05) is 32.8 Å². The molecule has 0 radical (unpaired) electrons. The lowest BCUT2D eigenvalue weighted by Crippen LogP contribution is -2.38. The molecule has 0 saturated carbocycles. The summed E-state index contributed by atoms with van der Waals surface area (Å²) in [5.41, 5.74) is 0. The standard InChI is InChI=1S/C12H26N2O/c1-4-13-7-10(2)8-14-11(3)12-5-6-15-9-12/h10-14H,4-9H2,1-3H3. The van der Waals surface area contributed by atoms with Gasteiger partial charge in [-0.25, -0.2) is 0 Å². The van der Waals surface area contributed by atoms with Gasteiger partial charge >= 0.3 is 0 Å². The van der Waals surface area contributed by atoms with Gasteiger partial charge in [0.05, 0.1) is 6.61 Å². The Kier molecular flexibility index (Phi) is 6.22. The first-order valence-corrected chi connectivity index (χ1v) is 6.25. The Morgan fingerprint density at radius 3 is 2.73 bits per heavy atom. The lowest BCUT2D eigenvalue weighted by Gasteiger charge is -2.21. The zero-order valence-electron chi connectivity index (χ0n) is 10.4. The van der Waals surface area contributed by atoms with Crippen molar-refractivity contribution >= 4 is 0 Å². The monoisotopic (exact) mass is 214 g/mol. The predicted octanol–water partition coefficient (Wildman–Crippen LogP) is 1.25. The summed E-state index contributed by atoms with van der Waals surface area (Å²) in [6.07, 6.45) is 1.22. The smallest absolute Gasteiger partial charge is 0.0509 e. The Hall–Kier alpha value is -0.120. The molecule has 1 fully saturated rings. The van der Waals surface area contributed by atoms with Crippen LogP contribution in [-0.4, -0.2) is 38.9 Å². The van der Waals surface area contributed by atoms with E-state index in [-0.39, 0.29) is 0 Å². The molecule has 0 aromatic carbocycles. The van der Waals surface area contributed by atoms with Gasteiger partial charge in [0.25, 0.3) is 0 Å². The second-order valence-corrected chi connectivity index (χ2v) is 4.73. The first-order chi connectivity index (χ1) is 7.24. The number of nitrogens with one attached hydrogen (secondary N) is 2. The van der Waals surface area contributed by atoms with E-state index in [1.807, 2.05) is 0 Å². The van der Waals surface area contributed by atoms with Gasteiger partial charge in [-0.05, 0) is 44.8 Å². The van der Waals surface area contributed by atoms with E-state index in [1.54, 1.807) is 0 Å². The number of hydrogen-bond acceptors (Lipinski definition) is 3. The summed E-state index contributed by atoms with van der Waals surface area (Å²) < 4.78 is 5.40. The van der Waals surface area contributed by atoms with Crippen molar-refractivity contribution in [3.8, 4) is 0 Å². The minimum Gasteiger partial charge on any atom is -0.381 e. The summed E-state index contributed by atoms with van der Waals surface area (Å²) in [6, 6.07) is 0.594. The fraction of sp³-hybridized carbons (Fsp3) is 1.00. The summed E-state index contributed by atoms with van der Waals surface area (Å²) in [5, 5.41) is 6.99. The van der Waals surface area contributed by atoms with Crippen LogP contribution < -0.4 is 10.6 Å². The topological polar surface area (TPSA) is 33.3 Å². The van der Waals surface area contributed by atoms with Gasteiger partial charge in [-0.15, -0.1) is 0 Å². The molecule has 0 aromatic heterocycles. The van der Waals surface area contributed by atoms with Crippen molar-refractivity contribution in [2.24, 2.45) is 11.8 Å². The second-order valence-electron chi connectivity index (χ2n) is 4.73. The largest absolute Gasteiger partial charge is 0.381 e. The van der Waals surface area contributed by atoms with Crippen LogP contribution >= 0.6 is 0 Å². The van der Waals surface area contributed by atoms with Crippen LogP contribution in [0.3, 0.4) is 0 Å². The van der Waals surface area contributed by atoms with E-state index in [0.29, 0.717) is 12.0 Å². The maximum Gasteiger partial charge on any atom is 0.0509 e. The molecule has 15 heavy (non-hydrogen) atoms. The first kappa shape index (κ1) is 12.9. The van der Waals surface area contributed by atoms with Gasteiger partial charge in [0.1, 0.15) is 0 Å². The molecule has 1 rings (SSSR count). The average molecular weight is 214 g/mol. The minimum absolute atomic E-state index is 0.594. The van der Waals surface area contributed by atoms with Crippen LogP contribution in [0.4, 0.5) is 0 Å². The van der Waals surface area contributed by atoms with Crippen LogP contribution in [0.15, 0.2) is 0 Å². The Morgan fingerprint density at radius 2 is 2.13 bits per heavy atom. The Bertz CT molecular complexity index is 158. The molecule has 3 heteroatoms. The molecule has 1 aliphatic rings. The fourth-order valence-electron chi connectivity index (χ4n) is 1.96. The van der Waals surface area contributed by atoms with Crippen LogP contribution in [0, 0.1) is 11.8 Å². The summed E-state index contributed by atoms with van der Waals surface area (Å²) in [5.74, 6) is 1.42. The average Bonchev–Trinajstić information content (AvgIpc) is 2.76. The van der Waals surface area contributed by atoms with Crippen molar-refractivity contribution in [2.45, 2.75) is 33.2 Å². The SMILES string of the molecule is CCNCC(C)CNC(C)C1CCOC1. The highest BCUT2D eigenvalue weighted by molar-refractivity contribution is 4.76. The maximum atomic E-state index is 5.40. The molecule has 0 bridgehead atoms. The van der Waals surface area contributed by atoms with E-state index < -0.39 is 0 Å². The van der Waals surface area contributed by atoms with Crippen molar-refractivity contribution < 1.29 is 4.74 Å². The third-order valence-corrected chi connectivity index (χ3v) is 3.20. The molecule has 3 nitrogen and oxygen atoms in total. The summed E-state index contributed by atoms with van der Waals surface area (Å²) in [7, 11) is 0. The second kappa shape index (κ2) is 7.20. The van der Waals surface area contributed by atoms with E-state index in [4.69, 9.17) is 4.74 Å². The molecular weight excluding hydrogens is 188 g/mol. The molecule has 1 heterocycles. The summed E-state index contributed by atoms with van der Waals surface area (Å²) >= 11 is 0. The van der Waals surface area contributed by atoms with Gasteiger partial charge in [0.2, 0.25) is 0 Å². The lowest BCUT2D eigenvalue weighted by atomic mass is 10.00. The van der Waals surface area contributed by atoms with E-state index in [9.17, 15) is 0 Å². The number of rotatable bonds is 7. The molecular formula is C12H26N2O. The van der Waals surface area contributed by atoms with E-state index in [1.165, 1.54) is 6.42 Å². The molecule has 2 N–H and O–H groups in total. The van der Waals surface area contributed by atoms with Crippen molar-refractivity contribution in [1.82, 2.24) is 10.6 Å². The molecule has 0 aliphatic carbocycles. The normalized spacial score (nSPS) is 25.4. The lowest BCUT2D eigenvalue weighted by molar-refractivity contribution is 0.177. The van der Waals surface area contributed by atoms with Crippen molar-refractivity contribution in [1.29, 1.82) is 0 Å². The Morgan fingerprint density at radius 1 is 1.33 bits per heavy atom. The van der Waals surface area contributed by atoms with E-state index >= 15 is 0 Å². The van der Waals surface area contributed by atoms with Gasteiger partial charge in [0.15, 0.2) is 0 Å². The van der Waals surface area contributed by atoms with Crippen LogP contribution in [0.1, 0.15) is 27.2 Å². The predicted molar refractivity (Wildman–Crippen MR) is 64.1 cm³/mol. The summed E-state index contributed by atoms with van der Waals surface area (Å²) in [6.45, 7) is 11.9. The summed E-state index contributed by atoms with van der Waals surface area (Å²) in [4.78, 5) is 0. The Balaban J connectivity index is 2.07. The third-order valence-electron chi connectivity index (χ3n) is 3.20. The molecule has 0 aromatic rings. The van der Waals surface area contributed by atoms with E-state index in [0.717, 1.165) is 38.8 Å². The van der Waals surface area contributed by atoms with Gasteiger partial charge in [-0.3, -0.25) is 0 Å². The minimum atomic E-state index is 0.594. The highest BCUT2D eigenvalue weighted by Crippen LogP contribution is 2.16. The van der Waals surface area contributed by atoms with Crippen LogP contribution in [0.25, 0.3) is 0 Å². The van der Waals surface area contributed by atoms with Gasteiger partial charge in [0, 0.05) is 12.6 Å². The Labute approximate surface area is 94.0 Å². The molecule has 1 aliphatic heterocycles. The van der Waals surface area contributed by atoms with Gasteiger partial charge in [-0.2, -0.15) is 0 Å². The van der Waals surface area contributed by atoms with Gasteiger partial charge < -0.3 is 15.4 Å². The van der Waals surface area contributed by atoms with Crippen molar-refractivity contribution in [3.63, 3.8) is 0 Å². The van der Waals surface area contributed by atoms with E-state index in [2.05, 4.69) is 31.4 Å². The zero-order valence-corrected chi connectivity index (χ0v) is 10.4. The zero-order chi connectivity index (χ0) is 11.1. The third kappa shape index (κ3) is 4.96. The van der Waals surface area contributed by atoms with Crippen molar-refractivity contribution in [3.05, 3.63) is 0 Å². The highest BCUT2D eigenvalue weighted by atomic mass is 16.5. The molecule has 0 amide bonds. The number of ether oxygens (including phenoxy) is 1. The number of hydrogen-bond donors (Lipinski definition) is 2. The molecule has 3 atom stereocenters. The first-order valence-electron chi connectivity index (χ1n) is 6.25. The molecule has 90 valence electrons. The molecule has 3 unspecified atom stereocenters. The van der Waals surface area contributed by atoms with Crippen LogP contribution in [0.2, 0.25) is 0 Å². The van der Waals surface area contributed by atoms with Crippen LogP contribution in [0.5, 0.6) is 0 Å². The van der Waals surface area contributed by atoms with Crippen LogP contribution in [-0.2, 0) is 4.74 Å². The molecule has 0 spiro atoms.